The van der Waals surface area contributed by atoms with Crippen LogP contribution in [0.15, 0.2) is 60.8 Å². The molecule has 94 heavy (non-hydrogen) atoms. The van der Waals surface area contributed by atoms with Crippen LogP contribution in [0.2, 0.25) is 0 Å². The summed E-state index contributed by atoms with van der Waals surface area (Å²) in [5, 5.41) is 121. The van der Waals surface area contributed by atoms with Gasteiger partial charge in [0.15, 0.2) is 18.9 Å². The van der Waals surface area contributed by atoms with E-state index < -0.39 is 124 Å². The molecule has 19 nitrogen and oxygen atoms in total. The summed E-state index contributed by atoms with van der Waals surface area (Å²) in [6.07, 6.45) is 42.9. The highest BCUT2D eigenvalue weighted by Gasteiger charge is 2.53. The number of nitrogens with one attached hydrogen (secondary N) is 1. The van der Waals surface area contributed by atoms with Crippen molar-refractivity contribution in [1.82, 2.24) is 5.32 Å². The van der Waals surface area contributed by atoms with Crippen molar-refractivity contribution < 1.29 is 89.4 Å². The molecule has 3 aliphatic rings. The van der Waals surface area contributed by atoms with Gasteiger partial charge < -0.3 is 89.9 Å². The lowest BCUT2D eigenvalue weighted by Gasteiger charge is -2.48. The molecule has 19 heteroatoms. The molecule has 17 atom stereocenters. The number of aliphatic hydroxyl groups is 11. The quantitative estimate of drug-likeness (QED) is 0.0199. The molecule has 0 aromatic carbocycles. The van der Waals surface area contributed by atoms with Crippen molar-refractivity contribution in [2.24, 2.45) is 0 Å². The maximum atomic E-state index is 13.5. The van der Waals surface area contributed by atoms with Gasteiger partial charge in [-0.1, -0.05) is 274 Å². The van der Waals surface area contributed by atoms with Crippen LogP contribution in [-0.4, -0.2) is 193 Å². The lowest BCUT2D eigenvalue weighted by atomic mass is 9.96. The monoisotopic (exact) mass is 1340 g/mol. The molecule has 0 saturated carbocycles. The third-order valence-corrected chi connectivity index (χ3v) is 18.6. The standard InChI is InChI=1S/C75H135NO18/c1-3-5-7-9-11-13-15-17-19-21-23-25-27-29-31-33-35-37-39-41-43-45-47-49-51-53-63(81)76-58(59(80)52-50-48-46-44-42-40-38-36-34-32-30-28-26-24-22-20-18-16-14-12-10-8-6-4-2)57-89-73-69(87)66(84)71(61(55-78)91-73)94-75-70(88)67(85)72(62(56-79)92-75)93-74-68(86)65(83)64(82)60(54-77)90-74/h5,7,11,13,17,19,23,25,29,31,58-62,64-75,77-80,82-88H,3-4,6,8-10,12,14-16,18,20-22,24,26-28,30,32-57H2,1-2H3,(H,76,81)/b7-5-,13-11-,19-17-,25-23-,31-29-. The van der Waals surface area contributed by atoms with Crippen LogP contribution < -0.4 is 5.32 Å². The molecule has 548 valence electrons. The second-order valence-electron chi connectivity index (χ2n) is 26.7. The molecule has 0 spiro atoms. The smallest absolute Gasteiger partial charge is 0.220 e. The Morgan fingerprint density at radius 1 is 0.394 bits per heavy atom. The summed E-state index contributed by atoms with van der Waals surface area (Å²) in [5.41, 5.74) is 0. The fourth-order valence-corrected chi connectivity index (χ4v) is 12.6. The van der Waals surface area contributed by atoms with Crippen LogP contribution in [0.5, 0.6) is 0 Å². The van der Waals surface area contributed by atoms with Gasteiger partial charge in [-0.3, -0.25) is 4.79 Å². The Kier molecular flexibility index (Phi) is 51.3. The molecular formula is C75H135NO18. The van der Waals surface area contributed by atoms with Crippen molar-refractivity contribution in [3.05, 3.63) is 60.8 Å². The van der Waals surface area contributed by atoms with E-state index in [1.54, 1.807) is 0 Å². The first-order chi connectivity index (χ1) is 45.8. The summed E-state index contributed by atoms with van der Waals surface area (Å²) in [6.45, 7) is 1.71. The van der Waals surface area contributed by atoms with Crippen molar-refractivity contribution in [2.75, 3.05) is 26.4 Å². The summed E-state index contributed by atoms with van der Waals surface area (Å²) in [4.78, 5) is 13.5. The topological polar surface area (TPSA) is 307 Å². The van der Waals surface area contributed by atoms with E-state index >= 15 is 0 Å². The summed E-state index contributed by atoms with van der Waals surface area (Å²) >= 11 is 0. The Balaban J connectivity index is 1.41. The largest absolute Gasteiger partial charge is 0.394 e. The number of allylic oxidation sites excluding steroid dienone is 10. The van der Waals surface area contributed by atoms with Crippen LogP contribution in [0, 0.1) is 0 Å². The van der Waals surface area contributed by atoms with E-state index in [1.807, 2.05) is 0 Å². The Bertz CT molecular complexity index is 1940. The highest BCUT2D eigenvalue weighted by molar-refractivity contribution is 5.76. The van der Waals surface area contributed by atoms with Crippen LogP contribution in [0.4, 0.5) is 0 Å². The zero-order valence-electron chi connectivity index (χ0n) is 58.2. The van der Waals surface area contributed by atoms with Gasteiger partial charge >= 0.3 is 0 Å². The van der Waals surface area contributed by atoms with E-state index in [4.69, 9.17) is 28.4 Å². The Morgan fingerprint density at radius 2 is 0.734 bits per heavy atom. The normalized spacial score (nSPS) is 27.7. The number of unbranched alkanes of at least 4 members (excludes halogenated alkanes) is 32. The van der Waals surface area contributed by atoms with Crippen LogP contribution in [0.25, 0.3) is 0 Å². The first kappa shape index (κ1) is 85.7. The summed E-state index contributed by atoms with van der Waals surface area (Å²) in [6, 6.07) is -0.895. The zero-order valence-corrected chi connectivity index (χ0v) is 58.2. The van der Waals surface area contributed by atoms with Gasteiger partial charge in [0.1, 0.15) is 73.2 Å². The van der Waals surface area contributed by atoms with E-state index in [0.717, 1.165) is 89.9 Å². The van der Waals surface area contributed by atoms with Crippen LogP contribution in [-0.2, 0) is 33.2 Å². The van der Waals surface area contributed by atoms with Crippen molar-refractivity contribution >= 4 is 5.91 Å². The lowest BCUT2D eigenvalue weighted by molar-refractivity contribution is -0.379. The number of ether oxygens (including phenoxy) is 6. The fraction of sp³-hybridized carbons (Fsp3) is 0.853. The SMILES string of the molecule is CC/C=C\C/C=C\C/C=C\C/C=C\C/C=C\CCCCCCCCCCCC(=O)NC(COC1OC(CO)C(OC2OC(CO)C(OC3OC(CO)C(O)C(O)C3O)C(O)C2O)C(O)C1O)C(O)CCCCCCCCCCCCCCCCCCCCCCCCCC. The third kappa shape index (κ3) is 37.1. The van der Waals surface area contributed by atoms with Crippen molar-refractivity contribution in [2.45, 2.75) is 381 Å². The number of amides is 1. The maximum Gasteiger partial charge on any atom is 0.220 e. The summed E-state index contributed by atoms with van der Waals surface area (Å²) in [7, 11) is 0. The van der Waals surface area contributed by atoms with Crippen molar-refractivity contribution in [1.29, 1.82) is 0 Å². The first-order valence-corrected chi connectivity index (χ1v) is 37.5. The molecule has 3 aliphatic heterocycles. The van der Waals surface area contributed by atoms with Gasteiger partial charge in [-0.05, 0) is 57.8 Å². The van der Waals surface area contributed by atoms with Crippen LogP contribution >= 0.6 is 0 Å². The minimum absolute atomic E-state index is 0.248. The summed E-state index contributed by atoms with van der Waals surface area (Å²) < 4.78 is 34.5. The molecule has 0 aromatic heterocycles. The van der Waals surface area contributed by atoms with Gasteiger partial charge in [0.25, 0.3) is 0 Å². The Labute approximate surface area is 566 Å². The maximum absolute atomic E-state index is 13.5. The predicted molar refractivity (Wildman–Crippen MR) is 369 cm³/mol. The number of carbonyl (C=O) groups is 1. The highest BCUT2D eigenvalue weighted by atomic mass is 16.8. The molecular weight excluding hydrogens is 1200 g/mol. The molecule has 1 amide bonds. The Morgan fingerprint density at radius 3 is 1.15 bits per heavy atom. The van der Waals surface area contributed by atoms with Crippen LogP contribution in [0.1, 0.15) is 277 Å². The molecule has 3 saturated heterocycles. The number of carbonyl (C=O) groups excluding carboxylic acids is 1. The molecule has 0 bridgehead atoms. The molecule has 17 unspecified atom stereocenters. The Hall–Kier alpha value is -2.51. The first-order valence-electron chi connectivity index (χ1n) is 37.5. The van der Waals surface area contributed by atoms with E-state index in [-0.39, 0.29) is 18.9 Å². The molecule has 12 N–H and O–H groups in total. The van der Waals surface area contributed by atoms with Gasteiger partial charge in [-0.25, -0.2) is 0 Å². The van der Waals surface area contributed by atoms with Crippen LogP contribution in [0.3, 0.4) is 0 Å². The summed E-state index contributed by atoms with van der Waals surface area (Å²) in [5.74, 6) is -0.248. The van der Waals surface area contributed by atoms with Gasteiger partial charge in [-0.15, -0.1) is 0 Å². The lowest BCUT2D eigenvalue weighted by Crippen LogP contribution is -2.66. The number of rotatable bonds is 58. The average Bonchev–Trinajstić information content (AvgIpc) is 0.788. The fourth-order valence-electron chi connectivity index (χ4n) is 12.6. The third-order valence-electron chi connectivity index (χ3n) is 18.6. The van der Waals surface area contributed by atoms with Crippen molar-refractivity contribution in [3.63, 3.8) is 0 Å². The molecule has 3 rings (SSSR count). The highest BCUT2D eigenvalue weighted by Crippen LogP contribution is 2.33. The van der Waals surface area contributed by atoms with Gasteiger partial charge in [0.05, 0.1) is 38.6 Å². The second kappa shape index (κ2) is 56.3. The van der Waals surface area contributed by atoms with Crippen molar-refractivity contribution in [3.8, 4) is 0 Å². The van der Waals surface area contributed by atoms with Gasteiger partial charge in [0.2, 0.25) is 5.91 Å². The molecule has 3 heterocycles. The minimum atomic E-state index is -1.98. The zero-order chi connectivity index (χ0) is 68.2. The average molecular weight is 1340 g/mol. The van der Waals surface area contributed by atoms with E-state index in [0.29, 0.717) is 12.8 Å². The van der Waals surface area contributed by atoms with E-state index in [1.165, 1.54) is 154 Å². The number of aliphatic hydroxyl groups excluding tert-OH is 11. The molecule has 0 aromatic rings. The van der Waals surface area contributed by atoms with E-state index in [9.17, 15) is 61.0 Å². The van der Waals surface area contributed by atoms with E-state index in [2.05, 4.69) is 79.9 Å². The number of hydrogen-bond donors (Lipinski definition) is 12. The predicted octanol–water partition coefficient (Wildman–Crippen LogP) is 11.1. The minimum Gasteiger partial charge on any atom is -0.394 e. The second-order valence-corrected chi connectivity index (χ2v) is 26.7. The van der Waals surface area contributed by atoms with Gasteiger partial charge in [0, 0.05) is 6.42 Å². The molecule has 0 aliphatic carbocycles. The molecule has 0 radical (unpaired) electrons. The number of hydrogen-bond acceptors (Lipinski definition) is 18. The van der Waals surface area contributed by atoms with Gasteiger partial charge in [-0.2, -0.15) is 0 Å². The molecule has 3 fully saturated rings.